The summed E-state index contributed by atoms with van der Waals surface area (Å²) >= 11 is 0. The van der Waals surface area contributed by atoms with Crippen molar-refractivity contribution in [3.63, 3.8) is 0 Å². The molecule has 2 aliphatic heterocycles. The highest BCUT2D eigenvalue weighted by molar-refractivity contribution is 6.13. The normalized spacial score (nSPS) is 20.7. The lowest BCUT2D eigenvalue weighted by Crippen LogP contribution is -2.47. The summed E-state index contributed by atoms with van der Waals surface area (Å²) in [5.74, 6) is -0.660. The third-order valence-corrected chi connectivity index (χ3v) is 4.49. The molecule has 0 aromatic carbocycles. The molecule has 0 saturated carbocycles. The van der Waals surface area contributed by atoms with E-state index in [1.54, 1.807) is 4.90 Å². The minimum atomic E-state index is -0.675. The van der Waals surface area contributed by atoms with Crippen molar-refractivity contribution in [3.05, 3.63) is 5.92 Å². The summed E-state index contributed by atoms with van der Waals surface area (Å²) in [5, 5.41) is 0. The van der Waals surface area contributed by atoms with Crippen LogP contribution in [0.15, 0.2) is 0 Å². The molecule has 2 rings (SSSR count). The van der Waals surface area contributed by atoms with E-state index in [0.29, 0.717) is 25.9 Å². The monoisotopic (exact) mass is 294 g/mol. The molecule has 3 amide bonds. The smallest absolute Gasteiger partial charge is 0.239 e. The number of nitrogens with two attached hydrogens (primary N) is 1. The Labute approximate surface area is 125 Å². The van der Waals surface area contributed by atoms with E-state index in [4.69, 9.17) is 5.73 Å². The Bertz CT molecular complexity index is 410. The van der Waals surface area contributed by atoms with Gasteiger partial charge in [-0.1, -0.05) is 0 Å². The van der Waals surface area contributed by atoms with Crippen LogP contribution in [0.3, 0.4) is 0 Å². The number of likely N-dealkylation sites (tertiary alicyclic amines) is 2. The van der Waals surface area contributed by atoms with Gasteiger partial charge in [-0.3, -0.25) is 14.4 Å². The molecule has 117 valence electrons. The summed E-state index contributed by atoms with van der Waals surface area (Å²) in [6.07, 6.45) is 4.74. The Morgan fingerprint density at radius 3 is 2.00 bits per heavy atom. The van der Waals surface area contributed by atoms with E-state index in [2.05, 4.69) is 0 Å². The van der Waals surface area contributed by atoms with E-state index in [-0.39, 0.29) is 23.7 Å². The number of nitrogens with zero attached hydrogens (tertiary/aromatic N) is 2. The predicted molar refractivity (Wildman–Crippen MR) is 77.8 cm³/mol. The molecule has 2 N–H and O–H groups in total. The average Bonchev–Trinajstić information content (AvgIpc) is 2.53. The van der Waals surface area contributed by atoms with Gasteiger partial charge in [-0.05, 0) is 39.0 Å². The molecule has 2 aliphatic rings. The fourth-order valence-corrected chi connectivity index (χ4v) is 3.04. The molecule has 1 radical (unpaired) electrons. The lowest BCUT2D eigenvalue weighted by molar-refractivity contribution is -0.141. The minimum Gasteiger partial charge on any atom is -0.369 e. The maximum Gasteiger partial charge on any atom is 0.239 e. The van der Waals surface area contributed by atoms with Crippen molar-refractivity contribution in [2.45, 2.75) is 39.0 Å². The summed E-state index contributed by atoms with van der Waals surface area (Å²) in [5.41, 5.74) is 5.13. The van der Waals surface area contributed by atoms with Crippen LogP contribution in [0.4, 0.5) is 0 Å². The number of carbonyl (C=O) groups excluding carboxylic acids is 3. The molecule has 0 bridgehead atoms. The van der Waals surface area contributed by atoms with Crippen molar-refractivity contribution >= 4 is 17.7 Å². The average molecular weight is 294 g/mol. The third kappa shape index (κ3) is 3.74. The first-order valence-corrected chi connectivity index (χ1v) is 7.72. The number of amides is 3. The Morgan fingerprint density at radius 1 is 0.905 bits per heavy atom. The number of hydrogen-bond acceptors (Lipinski definition) is 3. The largest absolute Gasteiger partial charge is 0.369 e. The van der Waals surface area contributed by atoms with Gasteiger partial charge < -0.3 is 15.5 Å². The highest BCUT2D eigenvalue weighted by atomic mass is 16.2. The molecule has 0 aromatic rings. The maximum absolute atomic E-state index is 12.4. The Morgan fingerprint density at radius 2 is 1.48 bits per heavy atom. The van der Waals surface area contributed by atoms with Crippen LogP contribution in [0.5, 0.6) is 0 Å². The van der Waals surface area contributed by atoms with Crippen LogP contribution in [0.2, 0.25) is 0 Å². The zero-order valence-electron chi connectivity index (χ0n) is 12.6. The van der Waals surface area contributed by atoms with Gasteiger partial charge in [-0.25, -0.2) is 0 Å². The van der Waals surface area contributed by atoms with Gasteiger partial charge in [-0.2, -0.15) is 0 Å². The Balaban J connectivity index is 1.83. The van der Waals surface area contributed by atoms with Crippen molar-refractivity contribution in [1.82, 2.24) is 9.80 Å². The van der Waals surface area contributed by atoms with Crippen molar-refractivity contribution < 1.29 is 14.4 Å². The van der Waals surface area contributed by atoms with Crippen LogP contribution < -0.4 is 5.73 Å². The molecule has 2 saturated heterocycles. The van der Waals surface area contributed by atoms with Crippen molar-refractivity contribution in [2.24, 2.45) is 11.7 Å². The lowest BCUT2D eigenvalue weighted by Gasteiger charge is -2.36. The van der Waals surface area contributed by atoms with Crippen LogP contribution in [0.25, 0.3) is 0 Å². The maximum atomic E-state index is 12.4. The van der Waals surface area contributed by atoms with E-state index in [1.807, 2.05) is 4.90 Å². The summed E-state index contributed by atoms with van der Waals surface area (Å²) in [6, 6.07) is 0. The fraction of sp³-hybridized carbons (Fsp3) is 0.733. The number of rotatable bonds is 3. The van der Waals surface area contributed by atoms with Gasteiger partial charge in [-0.15, -0.1) is 0 Å². The Hall–Kier alpha value is -1.59. The quantitative estimate of drug-likeness (QED) is 0.761. The van der Waals surface area contributed by atoms with E-state index in [1.165, 1.54) is 13.3 Å². The van der Waals surface area contributed by atoms with Crippen molar-refractivity contribution in [2.75, 3.05) is 26.2 Å². The first kappa shape index (κ1) is 15.8. The second-order valence-electron chi connectivity index (χ2n) is 5.94. The molecule has 0 unspecified atom stereocenters. The predicted octanol–water partition coefficient (Wildman–Crippen LogP) is 0.317. The molecule has 6 nitrogen and oxygen atoms in total. The van der Waals surface area contributed by atoms with Crippen LogP contribution in [0.1, 0.15) is 39.0 Å². The topological polar surface area (TPSA) is 83.7 Å². The molecule has 0 atom stereocenters. The summed E-state index contributed by atoms with van der Waals surface area (Å²) < 4.78 is 0. The van der Waals surface area contributed by atoms with Crippen molar-refractivity contribution in [3.8, 4) is 0 Å². The minimum absolute atomic E-state index is 0.0148. The first-order valence-electron chi connectivity index (χ1n) is 7.72. The summed E-state index contributed by atoms with van der Waals surface area (Å²) in [7, 11) is 0. The van der Waals surface area contributed by atoms with Gasteiger partial charge in [0.05, 0.1) is 0 Å². The van der Waals surface area contributed by atoms with Crippen LogP contribution in [-0.4, -0.2) is 53.7 Å². The highest BCUT2D eigenvalue weighted by Gasteiger charge is 2.33. The first-order chi connectivity index (χ1) is 10.0. The van der Waals surface area contributed by atoms with E-state index in [0.717, 1.165) is 25.9 Å². The molecule has 0 spiro atoms. The molecule has 2 heterocycles. The van der Waals surface area contributed by atoms with Crippen LogP contribution in [-0.2, 0) is 14.4 Å². The molecular weight excluding hydrogens is 270 g/mol. The summed E-state index contributed by atoms with van der Waals surface area (Å²) in [6.45, 7) is 4.23. The fourth-order valence-electron chi connectivity index (χ4n) is 3.04. The van der Waals surface area contributed by atoms with Gasteiger partial charge in [0.15, 0.2) is 0 Å². The number of piperidine rings is 2. The van der Waals surface area contributed by atoms with Crippen molar-refractivity contribution in [1.29, 1.82) is 0 Å². The second kappa shape index (κ2) is 6.91. The molecule has 6 heteroatoms. The third-order valence-electron chi connectivity index (χ3n) is 4.49. The molecule has 21 heavy (non-hydrogen) atoms. The lowest BCUT2D eigenvalue weighted by atomic mass is 9.93. The van der Waals surface area contributed by atoms with Gasteiger partial charge in [0.2, 0.25) is 17.7 Å². The van der Waals surface area contributed by atoms with E-state index in [9.17, 15) is 14.4 Å². The number of primary amides is 1. The zero-order chi connectivity index (χ0) is 15.4. The highest BCUT2D eigenvalue weighted by Crippen LogP contribution is 2.23. The number of hydrogen-bond donors (Lipinski definition) is 1. The molecular formula is C15H24N3O3. The van der Waals surface area contributed by atoms with Gasteiger partial charge in [0.1, 0.15) is 5.92 Å². The number of carbonyl (C=O) groups is 3. The standard InChI is InChI=1S/C15H24N3O3/c1-11(13(16)19)14(20)18-9-5-12(6-10-18)15(21)17-7-3-2-4-8-17/h12H,2-10H2,1H3,(H2,16,19). The van der Waals surface area contributed by atoms with E-state index < -0.39 is 5.91 Å². The molecule has 0 aliphatic carbocycles. The molecule has 0 aromatic heterocycles. The van der Waals surface area contributed by atoms with Gasteiger partial charge in [0.25, 0.3) is 0 Å². The molecule has 2 fully saturated rings. The van der Waals surface area contributed by atoms with Crippen LogP contribution >= 0.6 is 0 Å². The van der Waals surface area contributed by atoms with Gasteiger partial charge in [0, 0.05) is 32.1 Å². The van der Waals surface area contributed by atoms with E-state index >= 15 is 0 Å². The van der Waals surface area contributed by atoms with Gasteiger partial charge >= 0.3 is 0 Å². The second-order valence-corrected chi connectivity index (χ2v) is 5.94. The SMILES string of the molecule is C[C](C(N)=O)C(=O)N1CCC(C(=O)N2CCCCC2)CC1. The Kier molecular flexibility index (Phi) is 5.20. The van der Waals surface area contributed by atoms with Crippen LogP contribution in [0, 0.1) is 11.8 Å². The zero-order valence-corrected chi connectivity index (χ0v) is 12.6. The summed E-state index contributed by atoms with van der Waals surface area (Å²) in [4.78, 5) is 39.1.